The molecule has 1 heterocycles. The number of hydrogen-bond acceptors (Lipinski definition) is 4. The Labute approximate surface area is 121 Å². The summed E-state index contributed by atoms with van der Waals surface area (Å²) in [5.74, 6) is 0.939. The molecule has 7 heteroatoms. The van der Waals surface area contributed by atoms with Crippen molar-refractivity contribution in [3.63, 3.8) is 0 Å². The Hall–Kier alpha value is -2.02. The molecule has 0 fully saturated rings. The third-order valence-corrected chi connectivity index (χ3v) is 3.03. The SMILES string of the molecule is CC(NCCc1ncn(C)n1)c1cccc(OC(F)F)c1. The largest absolute Gasteiger partial charge is 0.435 e. The minimum atomic E-state index is -2.81. The van der Waals surface area contributed by atoms with Gasteiger partial charge < -0.3 is 10.1 Å². The van der Waals surface area contributed by atoms with Gasteiger partial charge in [0.15, 0.2) is 5.82 Å². The van der Waals surface area contributed by atoms with Crippen LogP contribution in [0.5, 0.6) is 5.75 Å². The summed E-state index contributed by atoms with van der Waals surface area (Å²) in [6.45, 7) is -0.142. The average Bonchev–Trinajstić information content (AvgIpc) is 2.84. The third kappa shape index (κ3) is 4.78. The van der Waals surface area contributed by atoms with Crippen molar-refractivity contribution >= 4 is 0 Å². The van der Waals surface area contributed by atoms with Gasteiger partial charge in [0.05, 0.1) is 0 Å². The van der Waals surface area contributed by atoms with Gasteiger partial charge in [0.1, 0.15) is 12.1 Å². The Bertz CT molecular complexity index is 574. The van der Waals surface area contributed by atoms with Crippen molar-refractivity contribution in [1.29, 1.82) is 0 Å². The number of aryl methyl sites for hydroxylation is 1. The minimum Gasteiger partial charge on any atom is -0.435 e. The van der Waals surface area contributed by atoms with Gasteiger partial charge in [0, 0.05) is 26.1 Å². The highest BCUT2D eigenvalue weighted by Gasteiger charge is 2.09. The molecular formula is C14H18F2N4O. The second kappa shape index (κ2) is 7.12. The highest BCUT2D eigenvalue weighted by atomic mass is 19.3. The van der Waals surface area contributed by atoms with Gasteiger partial charge in [0.25, 0.3) is 0 Å². The molecule has 1 aromatic heterocycles. The fraction of sp³-hybridized carbons (Fsp3) is 0.429. The molecule has 2 rings (SSSR count). The number of rotatable bonds is 7. The molecule has 1 unspecified atom stereocenters. The number of aromatic nitrogens is 3. The van der Waals surface area contributed by atoms with Crippen molar-refractivity contribution in [2.75, 3.05) is 6.54 Å². The predicted molar refractivity (Wildman–Crippen MR) is 74.2 cm³/mol. The normalized spacial score (nSPS) is 12.6. The van der Waals surface area contributed by atoms with Crippen molar-refractivity contribution in [2.45, 2.75) is 26.0 Å². The van der Waals surface area contributed by atoms with Gasteiger partial charge in [-0.25, -0.2) is 4.98 Å². The van der Waals surface area contributed by atoms with Crippen LogP contribution in [0, 0.1) is 0 Å². The topological polar surface area (TPSA) is 52.0 Å². The molecule has 0 saturated heterocycles. The van der Waals surface area contributed by atoms with E-state index in [1.54, 1.807) is 23.1 Å². The van der Waals surface area contributed by atoms with Gasteiger partial charge >= 0.3 is 6.61 Å². The Kier molecular flexibility index (Phi) is 5.21. The van der Waals surface area contributed by atoms with Crippen molar-refractivity contribution < 1.29 is 13.5 Å². The molecule has 1 N–H and O–H groups in total. The van der Waals surface area contributed by atoms with E-state index in [9.17, 15) is 8.78 Å². The first-order valence-electron chi connectivity index (χ1n) is 6.67. The highest BCUT2D eigenvalue weighted by Crippen LogP contribution is 2.20. The number of benzene rings is 1. The molecule has 0 radical (unpaired) electrons. The molecule has 114 valence electrons. The zero-order valence-electron chi connectivity index (χ0n) is 12.0. The summed E-state index contributed by atoms with van der Waals surface area (Å²) in [6.07, 6.45) is 2.36. The second-order valence-electron chi connectivity index (χ2n) is 4.71. The van der Waals surface area contributed by atoms with Crippen LogP contribution in [-0.4, -0.2) is 27.9 Å². The van der Waals surface area contributed by atoms with Crippen LogP contribution in [0.4, 0.5) is 8.78 Å². The maximum Gasteiger partial charge on any atom is 0.387 e. The number of halogens is 2. The Morgan fingerprint density at radius 1 is 1.38 bits per heavy atom. The first-order chi connectivity index (χ1) is 10.0. The summed E-state index contributed by atoms with van der Waals surface area (Å²) in [4.78, 5) is 4.14. The van der Waals surface area contributed by atoms with Gasteiger partial charge in [-0.1, -0.05) is 12.1 Å². The molecule has 2 aromatic rings. The van der Waals surface area contributed by atoms with E-state index in [0.717, 1.165) is 11.4 Å². The number of nitrogens with zero attached hydrogens (tertiary/aromatic N) is 3. The summed E-state index contributed by atoms with van der Waals surface area (Å²) in [5.41, 5.74) is 0.891. The molecule has 0 aliphatic carbocycles. The Morgan fingerprint density at radius 2 is 2.19 bits per heavy atom. The minimum absolute atomic E-state index is 0.0231. The number of nitrogens with one attached hydrogen (secondary N) is 1. The summed E-state index contributed by atoms with van der Waals surface area (Å²) in [5, 5.41) is 7.49. The van der Waals surface area contributed by atoms with E-state index < -0.39 is 6.61 Å². The lowest BCUT2D eigenvalue weighted by atomic mass is 10.1. The molecule has 0 bridgehead atoms. The van der Waals surface area contributed by atoms with Crippen LogP contribution in [0.3, 0.4) is 0 Å². The van der Waals surface area contributed by atoms with Crippen molar-refractivity contribution in [1.82, 2.24) is 20.1 Å². The number of hydrogen-bond donors (Lipinski definition) is 1. The average molecular weight is 296 g/mol. The molecule has 0 saturated carbocycles. The van der Waals surface area contributed by atoms with E-state index in [4.69, 9.17) is 0 Å². The maximum atomic E-state index is 12.2. The smallest absolute Gasteiger partial charge is 0.387 e. The molecule has 0 aliphatic rings. The van der Waals surface area contributed by atoms with E-state index in [1.165, 1.54) is 6.07 Å². The first kappa shape index (κ1) is 15.4. The van der Waals surface area contributed by atoms with Crippen LogP contribution in [0.15, 0.2) is 30.6 Å². The van der Waals surface area contributed by atoms with Gasteiger partial charge in [-0.15, -0.1) is 0 Å². The Morgan fingerprint density at radius 3 is 2.86 bits per heavy atom. The zero-order valence-corrected chi connectivity index (χ0v) is 12.0. The van der Waals surface area contributed by atoms with Gasteiger partial charge in [-0.2, -0.15) is 13.9 Å². The fourth-order valence-corrected chi connectivity index (χ4v) is 1.98. The predicted octanol–water partition coefficient (Wildman–Crippen LogP) is 2.31. The van der Waals surface area contributed by atoms with E-state index >= 15 is 0 Å². The second-order valence-corrected chi connectivity index (χ2v) is 4.71. The molecule has 5 nitrogen and oxygen atoms in total. The monoisotopic (exact) mass is 296 g/mol. The van der Waals surface area contributed by atoms with E-state index in [0.29, 0.717) is 13.0 Å². The van der Waals surface area contributed by atoms with Gasteiger partial charge in [-0.05, 0) is 24.6 Å². The summed E-state index contributed by atoms with van der Waals surface area (Å²) >= 11 is 0. The summed E-state index contributed by atoms with van der Waals surface area (Å²) in [7, 11) is 1.82. The van der Waals surface area contributed by atoms with E-state index in [-0.39, 0.29) is 11.8 Å². The molecule has 21 heavy (non-hydrogen) atoms. The van der Waals surface area contributed by atoms with Crippen LogP contribution < -0.4 is 10.1 Å². The van der Waals surface area contributed by atoms with Crippen LogP contribution in [0.25, 0.3) is 0 Å². The molecule has 1 atom stereocenters. The lowest BCUT2D eigenvalue weighted by molar-refractivity contribution is -0.0499. The molecule has 0 amide bonds. The molecule has 1 aromatic carbocycles. The van der Waals surface area contributed by atoms with Gasteiger partial charge in [0.2, 0.25) is 0 Å². The Balaban J connectivity index is 1.86. The van der Waals surface area contributed by atoms with Crippen LogP contribution in [-0.2, 0) is 13.5 Å². The van der Waals surface area contributed by atoms with Crippen LogP contribution >= 0.6 is 0 Å². The highest BCUT2D eigenvalue weighted by molar-refractivity contribution is 5.30. The lowest BCUT2D eigenvalue weighted by Gasteiger charge is -2.15. The van der Waals surface area contributed by atoms with E-state index in [2.05, 4.69) is 20.1 Å². The molecule has 0 aliphatic heterocycles. The van der Waals surface area contributed by atoms with Crippen molar-refractivity contribution in [3.8, 4) is 5.75 Å². The maximum absolute atomic E-state index is 12.2. The zero-order chi connectivity index (χ0) is 15.2. The fourth-order valence-electron chi connectivity index (χ4n) is 1.98. The summed E-state index contributed by atoms with van der Waals surface area (Å²) in [6, 6.07) is 6.72. The van der Waals surface area contributed by atoms with Crippen molar-refractivity contribution in [2.24, 2.45) is 7.05 Å². The molecule has 0 spiro atoms. The first-order valence-corrected chi connectivity index (χ1v) is 6.67. The number of alkyl halides is 2. The summed E-state index contributed by atoms with van der Waals surface area (Å²) < 4.78 is 30.4. The van der Waals surface area contributed by atoms with Crippen LogP contribution in [0.1, 0.15) is 24.4 Å². The quantitative estimate of drug-likeness (QED) is 0.852. The number of ether oxygens (including phenoxy) is 1. The van der Waals surface area contributed by atoms with Crippen molar-refractivity contribution in [3.05, 3.63) is 42.0 Å². The van der Waals surface area contributed by atoms with E-state index in [1.807, 2.05) is 20.0 Å². The third-order valence-electron chi connectivity index (χ3n) is 3.03. The standard InChI is InChI=1S/C14H18F2N4O/c1-10(17-7-6-13-18-9-20(2)19-13)11-4-3-5-12(8-11)21-14(15)16/h3-5,8-10,14,17H,6-7H2,1-2H3. The van der Waals surface area contributed by atoms with Gasteiger partial charge in [-0.3, -0.25) is 4.68 Å². The lowest BCUT2D eigenvalue weighted by Crippen LogP contribution is -2.21. The van der Waals surface area contributed by atoms with Crippen LogP contribution in [0.2, 0.25) is 0 Å². The molecular weight excluding hydrogens is 278 g/mol.